The van der Waals surface area contributed by atoms with E-state index >= 15 is 0 Å². The van der Waals surface area contributed by atoms with Gasteiger partial charge in [-0.1, -0.05) is 0 Å². The number of carboxylic acid groups (broad SMARTS) is 1. The molecule has 1 aromatic carbocycles. The lowest BCUT2D eigenvalue weighted by molar-refractivity contribution is -0.137. The van der Waals surface area contributed by atoms with E-state index in [9.17, 15) is 18.0 Å². The number of aromatic nitrogens is 2. The molecule has 0 aliphatic rings. The standard InChI is InChI=1S/C13H11F3N2O3/c1-18-6-9(17-11(18)12(19)20)7-21-10-4-2-8(3-5-10)13(14,15)16/h2-6H,7H2,1H3,(H,19,20). The maximum absolute atomic E-state index is 12.4. The van der Waals surface area contributed by atoms with Crippen LogP contribution in [0, 0.1) is 0 Å². The Morgan fingerprint density at radius 2 is 1.95 bits per heavy atom. The number of aromatic carboxylic acids is 1. The molecule has 0 aliphatic heterocycles. The molecule has 0 amide bonds. The smallest absolute Gasteiger partial charge is 0.416 e. The minimum atomic E-state index is -4.39. The second-order valence-electron chi connectivity index (χ2n) is 4.28. The molecule has 5 nitrogen and oxygen atoms in total. The first-order valence-electron chi connectivity index (χ1n) is 5.83. The molecule has 0 saturated carbocycles. The summed E-state index contributed by atoms with van der Waals surface area (Å²) in [6, 6.07) is 4.22. The summed E-state index contributed by atoms with van der Waals surface area (Å²) in [5, 5.41) is 8.84. The quantitative estimate of drug-likeness (QED) is 0.943. The number of hydrogen-bond acceptors (Lipinski definition) is 3. The van der Waals surface area contributed by atoms with E-state index in [1.807, 2.05) is 0 Å². The first-order valence-corrected chi connectivity index (χ1v) is 5.83. The van der Waals surface area contributed by atoms with Gasteiger partial charge in [-0.05, 0) is 24.3 Å². The van der Waals surface area contributed by atoms with Crippen LogP contribution in [0.25, 0.3) is 0 Å². The number of aryl methyl sites for hydroxylation is 1. The van der Waals surface area contributed by atoms with Crippen LogP contribution in [0.15, 0.2) is 30.5 Å². The molecule has 0 atom stereocenters. The van der Waals surface area contributed by atoms with Crippen molar-refractivity contribution in [3.63, 3.8) is 0 Å². The zero-order chi connectivity index (χ0) is 15.6. The fraction of sp³-hybridized carbons (Fsp3) is 0.231. The van der Waals surface area contributed by atoms with Crippen LogP contribution in [0.1, 0.15) is 21.9 Å². The fourth-order valence-corrected chi connectivity index (χ4v) is 1.69. The van der Waals surface area contributed by atoms with E-state index in [2.05, 4.69) is 4.98 Å². The number of carbonyl (C=O) groups is 1. The van der Waals surface area contributed by atoms with Crippen LogP contribution in [0.5, 0.6) is 5.75 Å². The molecule has 112 valence electrons. The Kier molecular flexibility index (Phi) is 3.88. The third-order valence-electron chi connectivity index (χ3n) is 2.69. The van der Waals surface area contributed by atoms with Crippen molar-refractivity contribution in [2.45, 2.75) is 12.8 Å². The van der Waals surface area contributed by atoms with Gasteiger partial charge in [-0.2, -0.15) is 13.2 Å². The van der Waals surface area contributed by atoms with Crippen LogP contribution in [-0.2, 0) is 19.8 Å². The van der Waals surface area contributed by atoms with Gasteiger partial charge in [0.25, 0.3) is 0 Å². The highest BCUT2D eigenvalue weighted by atomic mass is 19.4. The number of rotatable bonds is 4. The van der Waals surface area contributed by atoms with Crippen molar-refractivity contribution in [2.24, 2.45) is 7.05 Å². The lowest BCUT2D eigenvalue weighted by atomic mass is 10.2. The highest BCUT2D eigenvalue weighted by Crippen LogP contribution is 2.30. The minimum Gasteiger partial charge on any atom is -0.487 e. The van der Waals surface area contributed by atoms with Crippen LogP contribution < -0.4 is 4.74 Å². The number of alkyl halides is 3. The molecule has 0 saturated heterocycles. The number of nitrogens with zero attached hydrogens (tertiary/aromatic N) is 2. The molecule has 21 heavy (non-hydrogen) atoms. The maximum atomic E-state index is 12.4. The van der Waals surface area contributed by atoms with Gasteiger partial charge >= 0.3 is 12.1 Å². The van der Waals surface area contributed by atoms with Crippen LogP contribution in [0.3, 0.4) is 0 Å². The van der Waals surface area contributed by atoms with Crippen molar-refractivity contribution in [3.05, 3.63) is 47.5 Å². The third kappa shape index (κ3) is 3.53. The molecule has 2 aromatic rings. The molecule has 1 heterocycles. The van der Waals surface area contributed by atoms with Crippen LogP contribution >= 0.6 is 0 Å². The normalized spacial score (nSPS) is 11.4. The Labute approximate surface area is 117 Å². The molecule has 0 fully saturated rings. The first kappa shape index (κ1) is 14.9. The zero-order valence-electron chi connectivity index (χ0n) is 10.9. The summed E-state index contributed by atoms with van der Waals surface area (Å²) in [7, 11) is 1.53. The van der Waals surface area contributed by atoms with Gasteiger partial charge in [0.15, 0.2) is 0 Å². The SMILES string of the molecule is Cn1cc(COc2ccc(C(F)(F)F)cc2)nc1C(=O)O. The van der Waals surface area contributed by atoms with Gasteiger partial charge in [0.2, 0.25) is 5.82 Å². The number of benzene rings is 1. The van der Waals surface area contributed by atoms with Crippen molar-refractivity contribution in [2.75, 3.05) is 0 Å². The highest BCUT2D eigenvalue weighted by Gasteiger charge is 2.30. The van der Waals surface area contributed by atoms with Crippen molar-refractivity contribution in [1.82, 2.24) is 9.55 Å². The molecule has 0 bridgehead atoms. The van der Waals surface area contributed by atoms with Gasteiger partial charge in [-0.15, -0.1) is 0 Å². The summed E-state index contributed by atoms with van der Waals surface area (Å²) in [6.45, 7) is -0.0352. The summed E-state index contributed by atoms with van der Waals surface area (Å²) in [6.07, 6.45) is -2.91. The number of halogens is 3. The highest BCUT2D eigenvalue weighted by molar-refractivity contribution is 5.83. The van der Waals surface area contributed by atoms with Gasteiger partial charge in [0.1, 0.15) is 12.4 Å². The zero-order valence-corrected chi connectivity index (χ0v) is 10.9. The van der Waals surface area contributed by atoms with Crippen molar-refractivity contribution in [3.8, 4) is 5.75 Å². The molecule has 8 heteroatoms. The summed E-state index contributed by atoms with van der Waals surface area (Å²) >= 11 is 0. The van der Waals surface area contributed by atoms with Gasteiger partial charge < -0.3 is 14.4 Å². The number of carboxylic acids is 1. The molecule has 0 aliphatic carbocycles. The number of ether oxygens (including phenoxy) is 1. The van der Waals surface area contributed by atoms with E-state index in [0.717, 1.165) is 12.1 Å². The van der Waals surface area contributed by atoms with E-state index in [1.165, 1.54) is 29.9 Å². The van der Waals surface area contributed by atoms with Gasteiger partial charge in [0, 0.05) is 13.2 Å². The molecule has 0 radical (unpaired) electrons. The van der Waals surface area contributed by atoms with Crippen molar-refractivity contribution in [1.29, 1.82) is 0 Å². The van der Waals surface area contributed by atoms with E-state index in [4.69, 9.17) is 9.84 Å². The molecular formula is C13H11F3N2O3. The van der Waals surface area contributed by atoms with E-state index < -0.39 is 17.7 Å². The van der Waals surface area contributed by atoms with Crippen molar-refractivity contribution >= 4 is 5.97 Å². The molecule has 0 unspecified atom stereocenters. The van der Waals surface area contributed by atoms with E-state index in [-0.39, 0.29) is 18.2 Å². The third-order valence-corrected chi connectivity index (χ3v) is 2.69. The Hall–Kier alpha value is -2.51. The summed E-state index contributed by atoms with van der Waals surface area (Å²) in [4.78, 5) is 14.6. The summed E-state index contributed by atoms with van der Waals surface area (Å²) in [5.74, 6) is -1.06. The largest absolute Gasteiger partial charge is 0.487 e. The topological polar surface area (TPSA) is 64.4 Å². The first-order chi connectivity index (χ1) is 9.77. The Morgan fingerprint density at radius 1 is 1.33 bits per heavy atom. The number of hydrogen-bond donors (Lipinski definition) is 1. The Bertz CT molecular complexity index is 648. The molecular weight excluding hydrogens is 289 g/mol. The monoisotopic (exact) mass is 300 g/mol. The molecule has 2 rings (SSSR count). The lowest BCUT2D eigenvalue weighted by Crippen LogP contribution is -2.05. The number of imidazole rings is 1. The van der Waals surface area contributed by atoms with Gasteiger partial charge in [0.05, 0.1) is 11.3 Å². The van der Waals surface area contributed by atoms with Gasteiger partial charge in [-0.25, -0.2) is 9.78 Å². The second-order valence-corrected chi connectivity index (χ2v) is 4.28. The van der Waals surface area contributed by atoms with Crippen molar-refractivity contribution < 1.29 is 27.8 Å². The van der Waals surface area contributed by atoms with Crippen LogP contribution in [-0.4, -0.2) is 20.6 Å². The van der Waals surface area contributed by atoms with E-state index in [1.54, 1.807) is 0 Å². The predicted octanol–water partition coefficient (Wildman–Crippen LogP) is 2.72. The van der Waals surface area contributed by atoms with Crippen LogP contribution in [0.2, 0.25) is 0 Å². The van der Waals surface area contributed by atoms with E-state index in [0.29, 0.717) is 5.69 Å². The fourth-order valence-electron chi connectivity index (χ4n) is 1.69. The Morgan fingerprint density at radius 3 is 2.43 bits per heavy atom. The van der Waals surface area contributed by atoms with Gasteiger partial charge in [-0.3, -0.25) is 0 Å². The maximum Gasteiger partial charge on any atom is 0.416 e. The lowest BCUT2D eigenvalue weighted by Gasteiger charge is -2.08. The predicted molar refractivity (Wildman–Crippen MR) is 65.9 cm³/mol. The average Bonchev–Trinajstić information content (AvgIpc) is 2.77. The molecule has 0 spiro atoms. The molecule has 1 aromatic heterocycles. The average molecular weight is 300 g/mol. The second kappa shape index (κ2) is 5.47. The summed E-state index contributed by atoms with van der Waals surface area (Å²) < 4.78 is 43.8. The Balaban J connectivity index is 2.03. The minimum absolute atomic E-state index is 0.0352. The molecule has 1 N–H and O–H groups in total. The summed E-state index contributed by atoms with van der Waals surface area (Å²) in [5.41, 5.74) is -0.393. The van der Waals surface area contributed by atoms with Crippen LogP contribution in [0.4, 0.5) is 13.2 Å².